The summed E-state index contributed by atoms with van der Waals surface area (Å²) in [5, 5.41) is 3.28. The summed E-state index contributed by atoms with van der Waals surface area (Å²) < 4.78 is 26.3. The summed E-state index contributed by atoms with van der Waals surface area (Å²) in [5.41, 5.74) is 1.86. The third-order valence-corrected chi connectivity index (χ3v) is 3.19. The van der Waals surface area contributed by atoms with E-state index in [0.717, 1.165) is 5.52 Å². The molecule has 0 radical (unpaired) electrons. The first-order valence-corrected chi connectivity index (χ1v) is 6.43. The standard InChI is InChI=1S/C16H12F2N2O/c17-11-2-1-3-13(7-11)20-16(21)6-10-9-19-15-5-4-12(18)8-14(10)15/h1-5,7-9,19H,6H2,(H,20,21). The van der Waals surface area contributed by atoms with Gasteiger partial charge in [-0.25, -0.2) is 8.78 Å². The van der Waals surface area contributed by atoms with Crippen molar-refractivity contribution in [3.63, 3.8) is 0 Å². The van der Waals surface area contributed by atoms with Gasteiger partial charge >= 0.3 is 0 Å². The predicted octanol–water partition coefficient (Wildman–Crippen LogP) is 3.63. The number of hydrogen-bond donors (Lipinski definition) is 2. The van der Waals surface area contributed by atoms with Gasteiger partial charge in [-0.2, -0.15) is 0 Å². The van der Waals surface area contributed by atoms with Crippen LogP contribution in [-0.2, 0) is 11.2 Å². The number of benzene rings is 2. The highest BCUT2D eigenvalue weighted by Gasteiger charge is 2.10. The molecule has 0 aliphatic rings. The summed E-state index contributed by atoms with van der Waals surface area (Å²) in [4.78, 5) is 15.0. The van der Waals surface area contributed by atoms with Crippen molar-refractivity contribution in [3.8, 4) is 0 Å². The Morgan fingerprint density at radius 3 is 2.71 bits per heavy atom. The molecule has 0 spiro atoms. The molecular weight excluding hydrogens is 274 g/mol. The molecule has 0 saturated carbocycles. The summed E-state index contributed by atoms with van der Waals surface area (Å²) in [7, 11) is 0. The molecule has 21 heavy (non-hydrogen) atoms. The van der Waals surface area contributed by atoms with E-state index in [1.165, 1.54) is 30.3 Å². The number of nitrogens with one attached hydrogen (secondary N) is 2. The molecule has 1 amide bonds. The molecule has 3 aromatic rings. The van der Waals surface area contributed by atoms with E-state index in [0.29, 0.717) is 16.6 Å². The summed E-state index contributed by atoms with van der Waals surface area (Å²) in [6, 6.07) is 10.0. The second-order valence-electron chi connectivity index (χ2n) is 4.74. The Labute approximate surface area is 119 Å². The lowest BCUT2D eigenvalue weighted by molar-refractivity contribution is -0.115. The molecule has 3 rings (SSSR count). The number of fused-ring (bicyclic) bond motifs is 1. The minimum absolute atomic E-state index is 0.0833. The van der Waals surface area contributed by atoms with Crippen molar-refractivity contribution in [2.75, 3.05) is 5.32 Å². The number of carbonyl (C=O) groups excluding carboxylic acids is 1. The van der Waals surface area contributed by atoms with Gasteiger partial charge < -0.3 is 10.3 Å². The maximum Gasteiger partial charge on any atom is 0.228 e. The summed E-state index contributed by atoms with van der Waals surface area (Å²) in [5.74, 6) is -1.05. The average molecular weight is 286 g/mol. The van der Waals surface area contributed by atoms with Crippen LogP contribution in [0.1, 0.15) is 5.56 Å². The van der Waals surface area contributed by atoms with Gasteiger partial charge in [0.05, 0.1) is 6.42 Å². The average Bonchev–Trinajstić information content (AvgIpc) is 2.81. The molecule has 0 aliphatic heterocycles. The van der Waals surface area contributed by atoms with Crippen LogP contribution in [0.2, 0.25) is 0 Å². The van der Waals surface area contributed by atoms with Crippen LogP contribution in [0.25, 0.3) is 10.9 Å². The summed E-state index contributed by atoms with van der Waals surface area (Å²) >= 11 is 0. The molecule has 2 N–H and O–H groups in total. The number of rotatable bonds is 3. The highest BCUT2D eigenvalue weighted by Crippen LogP contribution is 2.20. The zero-order chi connectivity index (χ0) is 14.8. The Bertz CT molecular complexity index is 811. The summed E-state index contributed by atoms with van der Waals surface area (Å²) in [6.07, 6.45) is 1.76. The van der Waals surface area contributed by atoms with Crippen LogP contribution in [0, 0.1) is 11.6 Å². The Hall–Kier alpha value is -2.69. The van der Waals surface area contributed by atoms with Gasteiger partial charge in [0.1, 0.15) is 11.6 Å². The number of H-pyrrole nitrogens is 1. The van der Waals surface area contributed by atoms with E-state index in [-0.39, 0.29) is 18.1 Å². The zero-order valence-electron chi connectivity index (χ0n) is 11.0. The molecule has 1 heterocycles. The number of aromatic nitrogens is 1. The lowest BCUT2D eigenvalue weighted by Gasteiger charge is -2.04. The van der Waals surface area contributed by atoms with Gasteiger partial charge in [-0.1, -0.05) is 6.07 Å². The lowest BCUT2D eigenvalue weighted by atomic mass is 10.1. The molecule has 0 saturated heterocycles. The Kier molecular flexibility index (Phi) is 3.39. The fraction of sp³-hybridized carbons (Fsp3) is 0.0625. The second-order valence-corrected chi connectivity index (χ2v) is 4.74. The van der Waals surface area contributed by atoms with E-state index in [4.69, 9.17) is 0 Å². The topological polar surface area (TPSA) is 44.9 Å². The monoisotopic (exact) mass is 286 g/mol. The Morgan fingerprint density at radius 1 is 1.10 bits per heavy atom. The highest BCUT2D eigenvalue weighted by atomic mass is 19.1. The van der Waals surface area contributed by atoms with Gasteiger partial charge in [-0.05, 0) is 42.0 Å². The van der Waals surface area contributed by atoms with E-state index in [9.17, 15) is 13.6 Å². The van der Waals surface area contributed by atoms with E-state index in [2.05, 4.69) is 10.3 Å². The van der Waals surface area contributed by atoms with Gasteiger partial charge in [0.15, 0.2) is 0 Å². The molecule has 0 atom stereocenters. The number of amides is 1. The van der Waals surface area contributed by atoms with Gasteiger partial charge in [0.25, 0.3) is 0 Å². The lowest BCUT2D eigenvalue weighted by Crippen LogP contribution is -2.14. The minimum Gasteiger partial charge on any atom is -0.361 e. The number of hydrogen-bond acceptors (Lipinski definition) is 1. The third kappa shape index (κ3) is 2.91. The Balaban J connectivity index is 1.79. The molecule has 1 aromatic heterocycles. The SMILES string of the molecule is O=C(Cc1c[nH]c2ccc(F)cc12)Nc1cccc(F)c1. The molecule has 5 heteroatoms. The van der Waals surface area contributed by atoms with Gasteiger partial charge in [0.2, 0.25) is 5.91 Å². The smallest absolute Gasteiger partial charge is 0.228 e. The van der Waals surface area contributed by atoms with Crippen molar-refractivity contribution >= 4 is 22.5 Å². The minimum atomic E-state index is -0.415. The zero-order valence-corrected chi connectivity index (χ0v) is 11.0. The molecule has 0 fully saturated rings. The molecule has 0 bridgehead atoms. The number of carbonyl (C=O) groups is 1. The molecule has 3 nitrogen and oxygen atoms in total. The van der Waals surface area contributed by atoms with Crippen molar-refractivity contribution in [1.29, 1.82) is 0 Å². The van der Waals surface area contributed by atoms with Crippen molar-refractivity contribution in [1.82, 2.24) is 4.98 Å². The fourth-order valence-corrected chi connectivity index (χ4v) is 2.24. The van der Waals surface area contributed by atoms with Gasteiger partial charge in [-0.3, -0.25) is 4.79 Å². The maximum absolute atomic E-state index is 13.3. The van der Waals surface area contributed by atoms with Crippen LogP contribution in [0.5, 0.6) is 0 Å². The first-order valence-electron chi connectivity index (χ1n) is 6.43. The van der Waals surface area contributed by atoms with Crippen LogP contribution in [0.15, 0.2) is 48.7 Å². The van der Waals surface area contributed by atoms with Crippen molar-refractivity contribution in [2.24, 2.45) is 0 Å². The summed E-state index contributed by atoms with van der Waals surface area (Å²) in [6.45, 7) is 0. The molecular formula is C16H12F2N2O. The van der Waals surface area contributed by atoms with E-state index < -0.39 is 5.82 Å². The van der Waals surface area contributed by atoms with Crippen LogP contribution >= 0.6 is 0 Å². The molecule has 0 aliphatic carbocycles. The predicted molar refractivity (Wildman–Crippen MR) is 77.0 cm³/mol. The third-order valence-electron chi connectivity index (χ3n) is 3.19. The molecule has 106 valence electrons. The van der Waals surface area contributed by atoms with E-state index >= 15 is 0 Å². The van der Waals surface area contributed by atoms with Crippen LogP contribution in [0.4, 0.5) is 14.5 Å². The Morgan fingerprint density at radius 2 is 1.90 bits per heavy atom. The number of anilines is 1. The van der Waals surface area contributed by atoms with Gasteiger partial charge in [0, 0.05) is 22.8 Å². The number of aromatic amines is 1. The van der Waals surface area contributed by atoms with E-state index in [1.54, 1.807) is 18.3 Å². The normalized spacial score (nSPS) is 10.8. The van der Waals surface area contributed by atoms with Gasteiger partial charge in [-0.15, -0.1) is 0 Å². The van der Waals surface area contributed by atoms with Crippen LogP contribution in [0.3, 0.4) is 0 Å². The van der Waals surface area contributed by atoms with Crippen molar-refractivity contribution in [2.45, 2.75) is 6.42 Å². The largest absolute Gasteiger partial charge is 0.361 e. The van der Waals surface area contributed by atoms with Crippen LogP contribution < -0.4 is 5.32 Å². The molecule has 2 aromatic carbocycles. The van der Waals surface area contributed by atoms with Crippen molar-refractivity contribution < 1.29 is 13.6 Å². The molecule has 0 unspecified atom stereocenters. The van der Waals surface area contributed by atoms with Crippen molar-refractivity contribution in [3.05, 3.63) is 65.9 Å². The maximum atomic E-state index is 13.3. The first-order chi connectivity index (χ1) is 10.1. The highest BCUT2D eigenvalue weighted by molar-refractivity contribution is 5.95. The number of halogens is 2. The first kappa shape index (κ1) is 13.3. The van der Waals surface area contributed by atoms with Crippen LogP contribution in [-0.4, -0.2) is 10.9 Å². The fourth-order valence-electron chi connectivity index (χ4n) is 2.24. The van der Waals surface area contributed by atoms with E-state index in [1.807, 2.05) is 0 Å². The second kappa shape index (κ2) is 5.36. The quantitative estimate of drug-likeness (QED) is 0.758.